The van der Waals surface area contributed by atoms with Crippen molar-refractivity contribution in [3.63, 3.8) is 0 Å². The van der Waals surface area contributed by atoms with E-state index in [1.54, 1.807) is 0 Å². The number of Topliss-reactive ketones (excluding diaryl/α,β-unsaturated/α-hetero) is 1. The Balaban J connectivity index is 1.36. The fraction of sp³-hybridized carbons (Fsp3) is 0.773. The Kier molecular flexibility index (Phi) is 5.70. The van der Waals surface area contributed by atoms with Crippen LogP contribution in [0.25, 0.3) is 0 Å². The minimum atomic E-state index is 0.0345. The van der Waals surface area contributed by atoms with Crippen molar-refractivity contribution in [2.24, 2.45) is 5.92 Å². The summed E-state index contributed by atoms with van der Waals surface area (Å²) >= 11 is 0. The molecule has 28 heavy (non-hydrogen) atoms. The summed E-state index contributed by atoms with van der Waals surface area (Å²) in [6, 6.07) is 1.17. The molecule has 4 rings (SSSR count). The van der Waals surface area contributed by atoms with Gasteiger partial charge in [0, 0.05) is 43.5 Å². The van der Waals surface area contributed by atoms with Crippen LogP contribution in [-0.2, 0) is 4.79 Å². The number of aromatic nitrogens is 2. The molecule has 0 spiro atoms. The van der Waals surface area contributed by atoms with Crippen LogP contribution in [0.3, 0.4) is 0 Å². The number of fused-ring (bicyclic) bond motifs is 2. The smallest absolute Gasteiger partial charge is 0.225 e. The maximum Gasteiger partial charge on any atom is 0.225 e. The van der Waals surface area contributed by atoms with Gasteiger partial charge in [-0.05, 0) is 64.2 Å². The molecule has 3 aliphatic heterocycles. The molecule has 3 atom stereocenters. The molecule has 6 nitrogen and oxygen atoms in total. The predicted molar refractivity (Wildman–Crippen MR) is 112 cm³/mol. The quantitative estimate of drug-likeness (QED) is 0.776. The summed E-state index contributed by atoms with van der Waals surface area (Å²) in [5.41, 5.74) is 1.26. The zero-order chi connectivity index (χ0) is 19.8. The van der Waals surface area contributed by atoms with Crippen molar-refractivity contribution in [3.8, 4) is 0 Å². The van der Waals surface area contributed by atoms with E-state index < -0.39 is 0 Å². The maximum absolute atomic E-state index is 12.3. The fourth-order valence-corrected chi connectivity index (χ4v) is 5.40. The van der Waals surface area contributed by atoms with Gasteiger partial charge in [-0.1, -0.05) is 13.8 Å². The lowest BCUT2D eigenvalue weighted by Crippen LogP contribution is -2.53. The number of piperazine rings is 1. The van der Waals surface area contributed by atoms with E-state index in [1.807, 2.05) is 13.8 Å². The van der Waals surface area contributed by atoms with Crippen molar-refractivity contribution in [1.29, 1.82) is 0 Å². The van der Waals surface area contributed by atoms with Gasteiger partial charge in [0.1, 0.15) is 0 Å². The second-order valence-corrected chi connectivity index (χ2v) is 9.37. The molecule has 3 saturated heterocycles. The summed E-state index contributed by atoms with van der Waals surface area (Å²) in [5, 5.41) is 0. The molecule has 0 N–H and O–H groups in total. The number of likely N-dealkylation sites (N-methyl/N-ethyl adjacent to an activating group) is 1. The average molecular weight is 386 g/mol. The van der Waals surface area contributed by atoms with Gasteiger partial charge in [-0.3, -0.25) is 9.69 Å². The van der Waals surface area contributed by atoms with Gasteiger partial charge in [-0.15, -0.1) is 0 Å². The molecule has 0 saturated carbocycles. The Morgan fingerprint density at radius 3 is 2.11 bits per heavy atom. The lowest BCUT2D eigenvalue weighted by atomic mass is 9.89. The minimum absolute atomic E-state index is 0.0345. The standard InChI is InChI=1S/C22H35N5O/c1-15(2)21(28)16(3)26-9-7-17(8-10-26)18-11-23-22(24-12-18)27-19-5-6-20(27)14-25(4)13-19/h11-12,15-17,19-20H,5-10,13-14H2,1-4H3/t16-,19?,20?/m1/s1. The summed E-state index contributed by atoms with van der Waals surface area (Å²) in [5.74, 6) is 1.89. The van der Waals surface area contributed by atoms with Crippen molar-refractivity contribution in [1.82, 2.24) is 19.8 Å². The molecule has 3 aliphatic rings. The number of piperidine rings is 1. The van der Waals surface area contributed by atoms with Crippen LogP contribution >= 0.6 is 0 Å². The molecule has 4 heterocycles. The lowest BCUT2D eigenvalue weighted by Gasteiger charge is -2.39. The number of hydrogen-bond donors (Lipinski definition) is 0. The highest BCUT2D eigenvalue weighted by Crippen LogP contribution is 2.33. The number of ketones is 1. The normalized spacial score (nSPS) is 28.1. The summed E-state index contributed by atoms with van der Waals surface area (Å²) in [6.45, 7) is 10.3. The third-order valence-corrected chi connectivity index (χ3v) is 7.08. The summed E-state index contributed by atoms with van der Waals surface area (Å²) in [6.07, 6.45) is 8.79. The van der Waals surface area contributed by atoms with Crippen LogP contribution in [0.1, 0.15) is 57.9 Å². The highest BCUT2D eigenvalue weighted by Gasteiger charge is 2.40. The summed E-state index contributed by atoms with van der Waals surface area (Å²) in [4.78, 5) is 29.1. The Labute approximate surface area is 169 Å². The van der Waals surface area contributed by atoms with Crippen molar-refractivity contribution >= 4 is 11.7 Å². The summed E-state index contributed by atoms with van der Waals surface area (Å²) in [7, 11) is 2.22. The molecular weight excluding hydrogens is 350 g/mol. The zero-order valence-electron chi connectivity index (χ0n) is 17.8. The van der Waals surface area contributed by atoms with Crippen molar-refractivity contribution < 1.29 is 4.79 Å². The largest absolute Gasteiger partial charge is 0.332 e. The molecule has 0 radical (unpaired) electrons. The van der Waals surface area contributed by atoms with Gasteiger partial charge in [0.25, 0.3) is 0 Å². The van der Waals surface area contributed by atoms with E-state index in [1.165, 1.54) is 18.4 Å². The number of anilines is 1. The van der Waals surface area contributed by atoms with E-state index in [0.717, 1.165) is 45.0 Å². The van der Waals surface area contributed by atoms with Gasteiger partial charge in [0.15, 0.2) is 5.78 Å². The SMILES string of the molecule is CC(C)C(=O)[C@@H](C)N1CCC(c2cnc(N3C4CCC3CN(C)C4)nc2)CC1. The molecule has 2 unspecified atom stereocenters. The van der Waals surface area contributed by atoms with Crippen molar-refractivity contribution in [2.45, 2.75) is 70.5 Å². The fourth-order valence-electron chi connectivity index (χ4n) is 5.40. The van der Waals surface area contributed by atoms with Crippen LogP contribution in [0.2, 0.25) is 0 Å². The van der Waals surface area contributed by atoms with Crippen molar-refractivity contribution in [3.05, 3.63) is 18.0 Å². The third kappa shape index (κ3) is 3.81. The first-order chi connectivity index (χ1) is 13.4. The number of nitrogens with zero attached hydrogens (tertiary/aromatic N) is 5. The Hall–Kier alpha value is -1.53. The second kappa shape index (κ2) is 8.07. The van der Waals surface area contributed by atoms with Crippen LogP contribution in [0.15, 0.2) is 12.4 Å². The molecule has 154 valence electrons. The Morgan fingerprint density at radius 2 is 1.57 bits per heavy atom. The van der Waals surface area contributed by atoms with E-state index in [9.17, 15) is 4.79 Å². The van der Waals surface area contributed by atoms with Gasteiger partial charge >= 0.3 is 0 Å². The molecule has 1 aromatic rings. The van der Waals surface area contributed by atoms with Gasteiger partial charge < -0.3 is 9.80 Å². The lowest BCUT2D eigenvalue weighted by molar-refractivity contribution is -0.127. The first-order valence-corrected chi connectivity index (χ1v) is 11.0. The molecule has 0 amide bonds. The van der Waals surface area contributed by atoms with Crippen molar-refractivity contribution in [2.75, 3.05) is 38.1 Å². The van der Waals surface area contributed by atoms with E-state index in [-0.39, 0.29) is 12.0 Å². The van der Waals surface area contributed by atoms with E-state index in [2.05, 4.69) is 41.1 Å². The van der Waals surface area contributed by atoms with Gasteiger partial charge in [0.05, 0.1) is 6.04 Å². The molecule has 3 fully saturated rings. The Morgan fingerprint density at radius 1 is 1.00 bits per heavy atom. The predicted octanol–water partition coefficient (Wildman–Crippen LogP) is 2.55. The first kappa shape index (κ1) is 19.8. The number of carbonyl (C=O) groups excluding carboxylic acids is 1. The van der Waals surface area contributed by atoms with Crippen LogP contribution in [0, 0.1) is 5.92 Å². The zero-order valence-corrected chi connectivity index (χ0v) is 17.8. The van der Waals surface area contributed by atoms with Gasteiger partial charge in [0.2, 0.25) is 5.95 Å². The van der Waals surface area contributed by atoms with Crippen LogP contribution in [-0.4, -0.2) is 76.9 Å². The topological polar surface area (TPSA) is 52.6 Å². The van der Waals surface area contributed by atoms with E-state index in [0.29, 0.717) is 23.8 Å². The number of hydrogen-bond acceptors (Lipinski definition) is 6. The number of likely N-dealkylation sites (tertiary alicyclic amines) is 2. The number of carbonyl (C=O) groups is 1. The monoisotopic (exact) mass is 385 g/mol. The Bertz CT molecular complexity index is 669. The second-order valence-electron chi connectivity index (χ2n) is 9.37. The minimum Gasteiger partial charge on any atom is -0.332 e. The molecule has 1 aromatic heterocycles. The first-order valence-electron chi connectivity index (χ1n) is 11.0. The van der Waals surface area contributed by atoms with E-state index in [4.69, 9.17) is 9.97 Å². The molecular formula is C22H35N5O. The van der Waals surface area contributed by atoms with Gasteiger partial charge in [-0.25, -0.2) is 9.97 Å². The summed E-state index contributed by atoms with van der Waals surface area (Å²) < 4.78 is 0. The molecule has 0 aliphatic carbocycles. The molecule has 0 aromatic carbocycles. The molecule has 6 heteroatoms. The van der Waals surface area contributed by atoms with Crippen LogP contribution < -0.4 is 4.90 Å². The van der Waals surface area contributed by atoms with E-state index >= 15 is 0 Å². The van der Waals surface area contributed by atoms with Gasteiger partial charge in [-0.2, -0.15) is 0 Å². The molecule has 2 bridgehead atoms. The average Bonchev–Trinajstić information content (AvgIpc) is 2.98. The van der Waals surface area contributed by atoms with Crippen LogP contribution in [0.5, 0.6) is 0 Å². The van der Waals surface area contributed by atoms with Crippen LogP contribution in [0.4, 0.5) is 5.95 Å². The third-order valence-electron chi connectivity index (χ3n) is 7.08. The number of rotatable bonds is 5. The highest BCUT2D eigenvalue weighted by atomic mass is 16.1. The highest BCUT2D eigenvalue weighted by molar-refractivity contribution is 5.85. The maximum atomic E-state index is 12.3.